The standard InChI is InChI=1S/C21H21N3O4S/c1-16-9-10-20(15-21(16)24(25)26)29(27,28)23-13-11-18(12-14-23)6-4-8-19-7-3-5-17(2)22-19/h3,5-7,9-10,15H,11-14H2,1-2H3. The van der Waals surface area contributed by atoms with E-state index in [1.165, 1.54) is 16.4 Å². The highest BCUT2D eigenvalue weighted by molar-refractivity contribution is 7.89. The van der Waals surface area contributed by atoms with E-state index in [1.807, 2.05) is 31.2 Å². The van der Waals surface area contributed by atoms with Gasteiger partial charge >= 0.3 is 0 Å². The molecule has 1 aliphatic heterocycles. The van der Waals surface area contributed by atoms with Gasteiger partial charge in [-0.1, -0.05) is 23.6 Å². The van der Waals surface area contributed by atoms with Crippen molar-refractivity contribution in [3.63, 3.8) is 0 Å². The van der Waals surface area contributed by atoms with Crippen LogP contribution in [-0.2, 0) is 10.0 Å². The van der Waals surface area contributed by atoms with Crippen LogP contribution >= 0.6 is 0 Å². The maximum Gasteiger partial charge on any atom is 0.273 e. The molecule has 7 nitrogen and oxygen atoms in total. The molecule has 1 fully saturated rings. The van der Waals surface area contributed by atoms with E-state index in [-0.39, 0.29) is 10.6 Å². The summed E-state index contributed by atoms with van der Waals surface area (Å²) in [6.45, 7) is 4.13. The van der Waals surface area contributed by atoms with Crippen molar-refractivity contribution in [2.45, 2.75) is 31.6 Å². The molecule has 0 N–H and O–H groups in total. The van der Waals surface area contributed by atoms with E-state index >= 15 is 0 Å². The highest BCUT2D eigenvalue weighted by atomic mass is 32.2. The van der Waals surface area contributed by atoms with Crippen LogP contribution in [0.3, 0.4) is 0 Å². The lowest BCUT2D eigenvalue weighted by Gasteiger charge is -2.27. The molecular weight excluding hydrogens is 390 g/mol. The zero-order chi connectivity index (χ0) is 21.0. The Hall–Kier alpha value is -3.02. The van der Waals surface area contributed by atoms with Crippen LogP contribution in [0, 0.1) is 35.8 Å². The Labute approximate surface area is 170 Å². The minimum Gasteiger partial charge on any atom is -0.258 e. The van der Waals surface area contributed by atoms with Crippen molar-refractivity contribution < 1.29 is 13.3 Å². The molecule has 8 heteroatoms. The lowest BCUT2D eigenvalue weighted by molar-refractivity contribution is -0.385. The second-order valence-corrected chi connectivity index (χ2v) is 8.78. The fourth-order valence-electron chi connectivity index (χ4n) is 3.08. The topological polar surface area (TPSA) is 93.4 Å². The quantitative estimate of drug-likeness (QED) is 0.439. The Morgan fingerprint density at radius 1 is 1.17 bits per heavy atom. The number of piperidine rings is 1. The minimum absolute atomic E-state index is 0.0486. The van der Waals surface area contributed by atoms with Gasteiger partial charge in [0, 0.05) is 30.4 Å². The molecule has 0 unspecified atom stereocenters. The van der Waals surface area contributed by atoms with Gasteiger partial charge in [-0.2, -0.15) is 4.31 Å². The second-order valence-electron chi connectivity index (χ2n) is 6.85. The van der Waals surface area contributed by atoms with Crippen LogP contribution in [0.25, 0.3) is 0 Å². The number of aryl methyl sites for hydroxylation is 2. The Kier molecular flexibility index (Phi) is 6.11. The first-order valence-electron chi connectivity index (χ1n) is 9.15. The molecule has 0 amide bonds. The van der Waals surface area contributed by atoms with Crippen LogP contribution in [0.15, 0.2) is 52.9 Å². The van der Waals surface area contributed by atoms with E-state index < -0.39 is 14.9 Å². The summed E-state index contributed by atoms with van der Waals surface area (Å²) in [4.78, 5) is 14.8. The highest BCUT2D eigenvalue weighted by Gasteiger charge is 2.29. The molecule has 3 rings (SSSR count). The smallest absolute Gasteiger partial charge is 0.258 e. The molecule has 0 bridgehead atoms. The van der Waals surface area contributed by atoms with Gasteiger partial charge in [-0.05, 0) is 56.9 Å². The molecule has 150 valence electrons. The zero-order valence-corrected chi connectivity index (χ0v) is 17.1. The molecule has 1 aliphatic rings. The van der Waals surface area contributed by atoms with Crippen molar-refractivity contribution in [3.05, 3.63) is 75.1 Å². The normalized spacial score (nSPS) is 14.8. The van der Waals surface area contributed by atoms with Crippen LogP contribution in [0.2, 0.25) is 0 Å². The predicted molar refractivity (Wildman–Crippen MR) is 110 cm³/mol. The third-order valence-electron chi connectivity index (χ3n) is 4.74. The molecule has 29 heavy (non-hydrogen) atoms. The third kappa shape index (κ3) is 4.88. The van der Waals surface area contributed by atoms with Gasteiger partial charge in [0.05, 0.1) is 9.82 Å². The molecule has 0 radical (unpaired) electrons. The summed E-state index contributed by atoms with van der Waals surface area (Å²) in [7, 11) is -3.77. The zero-order valence-electron chi connectivity index (χ0n) is 16.3. The van der Waals surface area contributed by atoms with Gasteiger partial charge in [-0.15, -0.1) is 0 Å². The molecule has 1 aromatic heterocycles. The van der Waals surface area contributed by atoms with E-state index in [0.717, 1.165) is 17.3 Å². The second kappa shape index (κ2) is 8.55. The number of rotatable bonds is 3. The van der Waals surface area contributed by atoms with Crippen LogP contribution in [0.5, 0.6) is 0 Å². The van der Waals surface area contributed by atoms with Crippen molar-refractivity contribution in [1.82, 2.24) is 9.29 Å². The monoisotopic (exact) mass is 411 g/mol. The summed E-state index contributed by atoms with van der Waals surface area (Å²) >= 11 is 0. The maximum atomic E-state index is 12.9. The Balaban J connectivity index is 1.70. The highest BCUT2D eigenvalue weighted by Crippen LogP contribution is 2.27. The van der Waals surface area contributed by atoms with Crippen LogP contribution in [-0.4, -0.2) is 35.7 Å². The van der Waals surface area contributed by atoms with Crippen molar-refractivity contribution >= 4 is 15.7 Å². The minimum atomic E-state index is -3.77. The molecule has 2 aromatic rings. The van der Waals surface area contributed by atoms with E-state index in [2.05, 4.69) is 16.8 Å². The predicted octanol–water partition coefficient (Wildman–Crippen LogP) is 3.37. The number of nitrogens with zero attached hydrogens (tertiary/aromatic N) is 3. The first-order chi connectivity index (χ1) is 13.8. The van der Waals surface area contributed by atoms with E-state index in [1.54, 1.807) is 6.92 Å². The Morgan fingerprint density at radius 3 is 2.55 bits per heavy atom. The molecule has 2 heterocycles. The average molecular weight is 411 g/mol. The number of hydrogen-bond acceptors (Lipinski definition) is 5. The molecule has 1 aromatic carbocycles. The number of benzene rings is 1. The van der Waals surface area contributed by atoms with E-state index in [0.29, 0.717) is 37.2 Å². The summed E-state index contributed by atoms with van der Waals surface area (Å²) in [5.74, 6) is 5.98. The molecule has 0 aliphatic carbocycles. The van der Waals surface area contributed by atoms with E-state index in [9.17, 15) is 18.5 Å². The van der Waals surface area contributed by atoms with Gasteiger partial charge in [-0.3, -0.25) is 10.1 Å². The number of aromatic nitrogens is 1. The Bertz CT molecular complexity index is 1130. The Morgan fingerprint density at radius 2 is 1.90 bits per heavy atom. The van der Waals surface area contributed by atoms with Gasteiger partial charge in [0.25, 0.3) is 5.69 Å². The number of allylic oxidation sites excluding steroid dienone is 1. The lowest BCUT2D eigenvalue weighted by atomic mass is 10.1. The average Bonchev–Trinajstić information content (AvgIpc) is 2.68. The number of hydrogen-bond donors (Lipinski definition) is 0. The fourth-order valence-corrected chi connectivity index (χ4v) is 4.54. The summed E-state index contributed by atoms with van der Waals surface area (Å²) in [5, 5.41) is 11.1. The molecule has 0 atom stereocenters. The molecular formula is C21H21N3O4S. The van der Waals surface area contributed by atoms with Crippen LogP contribution in [0.4, 0.5) is 5.69 Å². The largest absolute Gasteiger partial charge is 0.273 e. The SMILES string of the molecule is Cc1cccc(C#CC=C2CCN(S(=O)(=O)c3ccc(C)c([N+](=O)[O-])c3)CC2)n1. The van der Waals surface area contributed by atoms with Crippen molar-refractivity contribution in [2.24, 2.45) is 0 Å². The summed E-state index contributed by atoms with van der Waals surface area (Å²) in [5.41, 5.74) is 2.91. The lowest BCUT2D eigenvalue weighted by Crippen LogP contribution is -2.36. The van der Waals surface area contributed by atoms with Gasteiger partial charge in [0.15, 0.2) is 0 Å². The first-order valence-corrected chi connectivity index (χ1v) is 10.6. The van der Waals surface area contributed by atoms with Gasteiger partial charge in [0.2, 0.25) is 10.0 Å². The van der Waals surface area contributed by atoms with Crippen LogP contribution < -0.4 is 0 Å². The third-order valence-corrected chi connectivity index (χ3v) is 6.64. The summed E-state index contributed by atoms with van der Waals surface area (Å²) < 4.78 is 27.1. The van der Waals surface area contributed by atoms with Gasteiger partial charge in [0.1, 0.15) is 5.69 Å². The fraction of sp³-hybridized carbons (Fsp3) is 0.286. The maximum absolute atomic E-state index is 12.9. The number of pyridine rings is 1. The van der Waals surface area contributed by atoms with Gasteiger partial charge in [-0.25, -0.2) is 13.4 Å². The van der Waals surface area contributed by atoms with Crippen molar-refractivity contribution in [1.29, 1.82) is 0 Å². The number of nitro benzene ring substituents is 1. The van der Waals surface area contributed by atoms with Crippen molar-refractivity contribution in [3.8, 4) is 11.8 Å². The summed E-state index contributed by atoms with van der Waals surface area (Å²) in [6, 6.07) is 9.67. The first kappa shape index (κ1) is 20.7. The molecule has 0 spiro atoms. The molecule has 0 saturated carbocycles. The van der Waals surface area contributed by atoms with Crippen molar-refractivity contribution in [2.75, 3.05) is 13.1 Å². The summed E-state index contributed by atoms with van der Waals surface area (Å²) in [6.07, 6.45) is 2.97. The molecule has 1 saturated heterocycles. The van der Waals surface area contributed by atoms with Gasteiger partial charge < -0.3 is 0 Å². The number of sulfonamides is 1. The number of nitro groups is 1. The van der Waals surface area contributed by atoms with Crippen LogP contribution in [0.1, 0.15) is 29.8 Å². The van der Waals surface area contributed by atoms with E-state index in [4.69, 9.17) is 0 Å².